The van der Waals surface area contributed by atoms with E-state index < -0.39 is 15.7 Å². The van der Waals surface area contributed by atoms with E-state index in [1.165, 1.54) is 12.1 Å². The Balaban J connectivity index is 2.75. The highest BCUT2D eigenvalue weighted by atomic mass is 32.2. The van der Waals surface area contributed by atoms with E-state index in [-0.39, 0.29) is 24.2 Å². The minimum Gasteiger partial charge on any atom is -0.492 e. The van der Waals surface area contributed by atoms with E-state index in [1.807, 2.05) is 0 Å². The lowest BCUT2D eigenvalue weighted by Gasteiger charge is -2.14. The molecule has 0 aliphatic heterocycles. The number of sulfone groups is 1. The predicted octanol–water partition coefficient (Wildman–Crippen LogP) is 1.66. The molecular weight excluding hydrogens is 257 g/mol. The van der Waals surface area contributed by atoms with Crippen LogP contribution >= 0.6 is 0 Å². The van der Waals surface area contributed by atoms with Crippen LogP contribution in [0.2, 0.25) is 0 Å². The third-order valence-electron chi connectivity index (χ3n) is 2.56. The number of nitrogens with two attached hydrogens (primary N) is 1. The van der Waals surface area contributed by atoms with Crippen molar-refractivity contribution in [3.05, 3.63) is 29.6 Å². The lowest BCUT2D eigenvalue weighted by atomic mass is 10.1. The van der Waals surface area contributed by atoms with Crippen molar-refractivity contribution in [2.75, 3.05) is 18.1 Å². The Labute approximate surface area is 107 Å². The van der Waals surface area contributed by atoms with Crippen molar-refractivity contribution in [3.63, 3.8) is 0 Å². The smallest absolute Gasteiger partial charge is 0.153 e. The maximum absolute atomic E-state index is 13.1. The molecular formula is C12H18FNO3S. The molecule has 1 atom stereocenters. The largest absolute Gasteiger partial charge is 0.492 e. The zero-order valence-electron chi connectivity index (χ0n) is 10.5. The maximum atomic E-state index is 13.1. The molecule has 102 valence electrons. The van der Waals surface area contributed by atoms with Gasteiger partial charge < -0.3 is 10.5 Å². The highest BCUT2D eigenvalue weighted by Crippen LogP contribution is 2.24. The first kappa shape index (κ1) is 14.9. The van der Waals surface area contributed by atoms with Crippen molar-refractivity contribution in [2.45, 2.75) is 19.9 Å². The molecule has 4 nitrogen and oxygen atoms in total. The average molecular weight is 275 g/mol. The second-order valence-electron chi connectivity index (χ2n) is 4.06. The number of benzene rings is 1. The molecule has 18 heavy (non-hydrogen) atoms. The fraction of sp³-hybridized carbons (Fsp3) is 0.500. The van der Waals surface area contributed by atoms with Crippen LogP contribution in [0.5, 0.6) is 5.75 Å². The summed E-state index contributed by atoms with van der Waals surface area (Å²) in [5.74, 6) is -0.151. The third kappa shape index (κ3) is 4.27. The van der Waals surface area contributed by atoms with Gasteiger partial charge in [-0.2, -0.15) is 0 Å². The van der Waals surface area contributed by atoms with Gasteiger partial charge in [0.05, 0.1) is 5.75 Å². The summed E-state index contributed by atoms with van der Waals surface area (Å²) in [6.45, 7) is 3.33. The van der Waals surface area contributed by atoms with Crippen LogP contribution in [-0.4, -0.2) is 26.5 Å². The summed E-state index contributed by atoms with van der Waals surface area (Å²) in [4.78, 5) is 0. The molecule has 0 fully saturated rings. The van der Waals surface area contributed by atoms with Crippen LogP contribution in [-0.2, 0) is 9.84 Å². The summed E-state index contributed by atoms with van der Waals surface area (Å²) < 4.78 is 41.0. The number of rotatable bonds is 6. The van der Waals surface area contributed by atoms with Crippen LogP contribution in [0, 0.1) is 5.82 Å². The molecule has 2 N–H and O–H groups in total. The standard InChI is InChI=1S/C12H18FNO3S/c1-3-18(15,16)7-6-17-12-8-10(13)4-5-11(12)9(2)14/h4-5,8-9H,3,6-7,14H2,1-2H3. The summed E-state index contributed by atoms with van der Waals surface area (Å²) in [6, 6.07) is 3.76. The molecule has 1 unspecified atom stereocenters. The predicted molar refractivity (Wildman–Crippen MR) is 68.8 cm³/mol. The van der Waals surface area contributed by atoms with Gasteiger partial charge in [-0.25, -0.2) is 12.8 Å². The SMILES string of the molecule is CCS(=O)(=O)CCOc1cc(F)ccc1C(C)N. The third-order valence-corrected chi connectivity index (χ3v) is 4.23. The Kier molecular flexibility index (Phi) is 5.10. The van der Waals surface area contributed by atoms with E-state index >= 15 is 0 Å². The number of hydrogen-bond donors (Lipinski definition) is 1. The summed E-state index contributed by atoms with van der Waals surface area (Å²) in [6.07, 6.45) is 0. The van der Waals surface area contributed by atoms with Gasteiger partial charge in [-0.1, -0.05) is 13.0 Å². The number of halogens is 1. The van der Waals surface area contributed by atoms with Gasteiger partial charge in [0.1, 0.15) is 18.2 Å². The molecule has 0 spiro atoms. The first-order chi connectivity index (χ1) is 8.35. The van der Waals surface area contributed by atoms with Gasteiger partial charge in [0.15, 0.2) is 9.84 Å². The van der Waals surface area contributed by atoms with E-state index in [2.05, 4.69) is 0 Å². The maximum Gasteiger partial charge on any atom is 0.153 e. The fourth-order valence-corrected chi connectivity index (χ4v) is 2.06. The summed E-state index contributed by atoms with van der Waals surface area (Å²) in [5, 5.41) is 0. The Morgan fingerprint density at radius 2 is 2.11 bits per heavy atom. The van der Waals surface area contributed by atoms with Crippen LogP contribution in [0.3, 0.4) is 0 Å². The summed E-state index contributed by atoms with van der Waals surface area (Å²) in [7, 11) is -3.08. The molecule has 0 aliphatic rings. The van der Waals surface area contributed by atoms with Crippen LogP contribution in [0.15, 0.2) is 18.2 Å². The van der Waals surface area contributed by atoms with Gasteiger partial charge in [-0.3, -0.25) is 0 Å². The van der Waals surface area contributed by atoms with Gasteiger partial charge in [0.25, 0.3) is 0 Å². The van der Waals surface area contributed by atoms with Gasteiger partial charge in [-0.15, -0.1) is 0 Å². The van der Waals surface area contributed by atoms with E-state index in [0.717, 1.165) is 0 Å². The molecule has 0 radical (unpaired) electrons. The Morgan fingerprint density at radius 3 is 2.67 bits per heavy atom. The molecule has 1 aromatic rings. The Hall–Kier alpha value is -1.14. The van der Waals surface area contributed by atoms with Crippen LogP contribution in [0.25, 0.3) is 0 Å². The molecule has 1 aromatic carbocycles. The Morgan fingerprint density at radius 1 is 1.44 bits per heavy atom. The normalized spacial score (nSPS) is 13.3. The number of ether oxygens (including phenoxy) is 1. The average Bonchev–Trinajstić information content (AvgIpc) is 2.28. The zero-order chi connectivity index (χ0) is 13.8. The zero-order valence-corrected chi connectivity index (χ0v) is 11.3. The van der Waals surface area contributed by atoms with E-state index in [4.69, 9.17) is 10.5 Å². The lowest BCUT2D eigenvalue weighted by Crippen LogP contribution is -2.17. The van der Waals surface area contributed by atoms with Crippen molar-refractivity contribution in [2.24, 2.45) is 5.73 Å². The molecule has 1 rings (SSSR count). The van der Waals surface area contributed by atoms with E-state index in [9.17, 15) is 12.8 Å². The van der Waals surface area contributed by atoms with E-state index in [1.54, 1.807) is 19.9 Å². The van der Waals surface area contributed by atoms with Gasteiger partial charge in [0, 0.05) is 23.4 Å². The molecule has 0 saturated heterocycles. The first-order valence-corrected chi connectivity index (χ1v) is 7.56. The minimum absolute atomic E-state index is 0.000648. The Bertz CT molecular complexity index is 500. The molecule has 0 aliphatic carbocycles. The molecule has 0 bridgehead atoms. The fourth-order valence-electron chi connectivity index (χ4n) is 1.43. The quantitative estimate of drug-likeness (QED) is 0.857. The highest BCUT2D eigenvalue weighted by molar-refractivity contribution is 7.91. The topological polar surface area (TPSA) is 69.4 Å². The van der Waals surface area contributed by atoms with Gasteiger partial charge in [0.2, 0.25) is 0 Å². The molecule has 0 heterocycles. The monoisotopic (exact) mass is 275 g/mol. The van der Waals surface area contributed by atoms with Crippen LogP contribution < -0.4 is 10.5 Å². The van der Waals surface area contributed by atoms with Crippen molar-refractivity contribution in [1.29, 1.82) is 0 Å². The van der Waals surface area contributed by atoms with Crippen molar-refractivity contribution in [3.8, 4) is 5.75 Å². The minimum atomic E-state index is -3.08. The van der Waals surface area contributed by atoms with Crippen molar-refractivity contribution in [1.82, 2.24) is 0 Å². The van der Waals surface area contributed by atoms with E-state index in [0.29, 0.717) is 11.3 Å². The summed E-state index contributed by atoms with van der Waals surface area (Å²) in [5.41, 5.74) is 6.39. The summed E-state index contributed by atoms with van der Waals surface area (Å²) >= 11 is 0. The van der Waals surface area contributed by atoms with Crippen LogP contribution in [0.4, 0.5) is 4.39 Å². The number of hydrogen-bond acceptors (Lipinski definition) is 4. The second kappa shape index (κ2) is 6.15. The molecule has 0 saturated carbocycles. The van der Waals surface area contributed by atoms with Crippen molar-refractivity contribution < 1.29 is 17.5 Å². The van der Waals surface area contributed by atoms with Gasteiger partial charge >= 0.3 is 0 Å². The lowest BCUT2D eigenvalue weighted by molar-refractivity contribution is 0.333. The first-order valence-electron chi connectivity index (χ1n) is 5.74. The van der Waals surface area contributed by atoms with Crippen LogP contribution in [0.1, 0.15) is 25.5 Å². The van der Waals surface area contributed by atoms with Gasteiger partial charge in [-0.05, 0) is 13.0 Å². The molecule has 0 aromatic heterocycles. The molecule has 6 heteroatoms. The highest BCUT2D eigenvalue weighted by Gasteiger charge is 2.12. The van der Waals surface area contributed by atoms with Crippen molar-refractivity contribution >= 4 is 9.84 Å². The molecule has 0 amide bonds. The second-order valence-corrected chi connectivity index (χ2v) is 6.53.